The number of fused-ring (bicyclic) bond motifs is 8. The highest BCUT2D eigenvalue weighted by atomic mass is 16.5. The van der Waals surface area contributed by atoms with Crippen molar-refractivity contribution in [1.82, 2.24) is 0 Å². The Bertz CT molecular complexity index is 2780. The fourth-order valence-corrected chi connectivity index (χ4v) is 9.11. The van der Waals surface area contributed by atoms with Crippen molar-refractivity contribution in [1.29, 1.82) is 0 Å². The second kappa shape index (κ2) is 13.6. The summed E-state index contributed by atoms with van der Waals surface area (Å²) in [6.07, 6.45) is 6.21. The summed E-state index contributed by atoms with van der Waals surface area (Å²) in [5.41, 5.74) is 14.4. The van der Waals surface area contributed by atoms with Crippen molar-refractivity contribution < 1.29 is 4.74 Å². The van der Waals surface area contributed by atoms with E-state index in [-0.39, 0.29) is 0 Å². The number of nitrogens with zero attached hydrogens (tertiary/aromatic N) is 1. The summed E-state index contributed by atoms with van der Waals surface area (Å²) in [4.78, 5) is 2.46. The van der Waals surface area contributed by atoms with E-state index in [4.69, 9.17) is 4.74 Å². The van der Waals surface area contributed by atoms with E-state index in [2.05, 4.69) is 219 Å². The standard InChI is InChI=1S/C54H39NO/c1-3-4-27-46-37(2)42-34-33-41(36-49(42)54(46)47-28-15-18-31-52(47)56-53-45-26-12-11-23-40(45)32-35-48(53)54)55(50-29-16-13-24-43(50)38-19-7-5-8-20-38)51-30-17-14-25-44(51)39-21-9-6-10-22-39/h3-36H,1H2,2H3/b27-4-. The van der Waals surface area contributed by atoms with Gasteiger partial charge in [0.05, 0.1) is 16.8 Å². The normalized spacial score (nSPS) is 15.4. The molecule has 2 nitrogen and oxygen atoms in total. The summed E-state index contributed by atoms with van der Waals surface area (Å²) >= 11 is 0. The molecule has 1 aliphatic carbocycles. The van der Waals surface area contributed by atoms with E-state index >= 15 is 0 Å². The van der Waals surface area contributed by atoms with E-state index in [0.717, 1.165) is 72.7 Å². The molecule has 266 valence electrons. The van der Waals surface area contributed by atoms with Gasteiger partial charge in [-0.3, -0.25) is 0 Å². The van der Waals surface area contributed by atoms with Crippen LogP contribution >= 0.6 is 0 Å². The van der Waals surface area contributed by atoms with E-state index in [1.807, 2.05) is 6.08 Å². The lowest BCUT2D eigenvalue weighted by atomic mass is 9.64. The monoisotopic (exact) mass is 717 g/mol. The van der Waals surface area contributed by atoms with Gasteiger partial charge in [0.2, 0.25) is 0 Å². The Kier molecular flexibility index (Phi) is 8.12. The molecule has 2 aliphatic rings. The molecule has 1 heterocycles. The zero-order valence-corrected chi connectivity index (χ0v) is 31.2. The fraction of sp³-hybridized carbons (Fsp3) is 0.0370. The molecular weight excluding hydrogens is 679 g/mol. The molecule has 0 amide bonds. The summed E-state index contributed by atoms with van der Waals surface area (Å²) < 4.78 is 6.95. The molecule has 1 aliphatic heterocycles. The number of benzene rings is 8. The van der Waals surface area contributed by atoms with Crippen molar-refractivity contribution in [2.75, 3.05) is 4.90 Å². The van der Waals surface area contributed by atoms with E-state index in [0.29, 0.717) is 0 Å². The number of hydrogen-bond acceptors (Lipinski definition) is 2. The summed E-state index contributed by atoms with van der Waals surface area (Å²) in [5, 5.41) is 2.25. The van der Waals surface area contributed by atoms with E-state index in [1.165, 1.54) is 22.3 Å². The van der Waals surface area contributed by atoms with E-state index in [9.17, 15) is 0 Å². The van der Waals surface area contributed by atoms with Gasteiger partial charge in [0.15, 0.2) is 0 Å². The summed E-state index contributed by atoms with van der Waals surface area (Å²) in [7, 11) is 0. The van der Waals surface area contributed by atoms with Gasteiger partial charge in [0.1, 0.15) is 11.5 Å². The lowest BCUT2D eigenvalue weighted by Crippen LogP contribution is -2.33. The minimum Gasteiger partial charge on any atom is -0.456 e. The Morgan fingerprint density at radius 2 is 1.14 bits per heavy atom. The second-order valence-electron chi connectivity index (χ2n) is 14.5. The predicted octanol–water partition coefficient (Wildman–Crippen LogP) is 14.6. The number of rotatable bonds is 7. The molecule has 0 radical (unpaired) electrons. The van der Waals surface area contributed by atoms with Crippen LogP contribution in [0.25, 0.3) is 38.6 Å². The molecule has 1 atom stereocenters. The van der Waals surface area contributed by atoms with Gasteiger partial charge in [-0.1, -0.05) is 183 Å². The molecule has 1 unspecified atom stereocenters. The molecular formula is C54H39NO. The molecule has 0 aromatic heterocycles. The third kappa shape index (κ3) is 5.11. The number of allylic oxidation sites excluding steroid dienone is 5. The molecule has 8 aromatic carbocycles. The van der Waals surface area contributed by atoms with Gasteiger partial charge >= 0.3 is 0 Å². The van der Waals surface area contributed by atoms with Crippen molar-refractivity contribution in [3.63, 3.8) is 0 Å². The topological polar surface area (TPSA) is 12.5 Å². The zero-order chi connectivity index (χ0) is 37.6. The van der Waals surface area contributed by atoms with Crippen molar-refractivity contribution >= 4 is 33.4 Å². The smallest absolute Gasteiger partial charge is 0.140 e. The Hall–Kier alpha value is -7.16. The Morgan fingerprint density at radius 1 is 0.536 bits per heavy atom. The van der Waals surface area contributed by atoms with Crippen LogP contribution in [0.5, 0.6) is 11.5 Å². The van der Waals surface area contributed by atoms with Gasteiger partial charge in [-0.05, 0) is 76.0 Å². The maximum Gasteiger partial charge on any atom is 0.140 e. The summed E-state index contributed by atoms with van der Waals surface area (Å²) in [6, 6.07) is 67.7. The SMILES string of the molecule is C=C/C=C\C1=C(C)c2ccc(N(c3ccccc3-c3ccccc3)c3ccccc3-c3ccccc3)cc2C12c1ccccc1Oc1c2ccc2ccccc12. The molecule has 1 spiro atoms. The molecule has 0 N–H and O–H groups in total. The van der Waals surface area contributed by atoms with E-state index < -0.39 is 5.41 Å². The first-order chi connectivity index (χ1) is 27.7. The average Bonchev–Trinajstić information content (AvgIpc) is 3.50. The van der Waals surface area contributed by atoms with Gasteiger partial charge in [0.25, 0.3) is 0 Å². The van der Waals surface area contributed by atoms with Crippen LogP contribution in [0.15, 0.2) is 218 Å². The zero-order valence-electron chi connectivity index (χ0n) is 31.2. The Morgan fingerprint density at radius 3 is 1.84 bits per heavy atom. The van der Waals surface area contributed by atoms with Crippen LogP contribution in [0.3, 0.4) is 0 Å². The Balaban J connectivity index is 1.30. The van der Waals surface area contributed by atoms with Gasteiger partial charge in [0, 0.05) is 33.3 Å². The van der Waals surface area contributed by atoms with Crippen molar-refractivity contribution in [2.24, 2.45) is 0 Å². The van der Waals surface area contributed by atoms with Gasteiger partial charge < -0.3 is 9.64 Å². The first-order valence-electron chi connectivity index (χ1n) is 19.2. The number of anilines is 3. The molecule has 0 saturated heterocycles. The highest BCUT2D eigenvalue weighted by Gasteiger charge is 2.51. The van der Waals surface area contributed by atoms with Gasteiger partial charge in [-0.15, -0.1) is 0 Å². The minimum atomic E-state index is -0.660. The predicted molar refractivity (Wildman–Crippen MR) is 234 cm³/mol. The minimum absolute atomic E-state index is 0.660. The molecule has 56 heavy (non-hydrogen) atoms. The third-order valence-electron chi connectivity index (χ3n) is 11.5. The lowest BCUT2D eigenvalue weighted by Gasteiger charge is -2.41. The maximum absolute atomic E-state index is 6.95. The largest absolute Gasteiger partial charge is 0.456 e. The summed E-state index contributed by atoms with van der Waals surface area (Å²) in [5.74, 6) is 1.77. The van der Waals surface area contributed by atoms with E-state index in [1.54, 1.807) is 0 Å². The van der Waals surface area contributed by atoms with Crippen LogP contribution in [0.2, 0.25) is 0 Å². The second-order valence-corrected chi connectivity index (χ2v) is 14.5. The average molecular weight is 718 g/mol. The third-order valence-corrected chi connectivity index (χ3v) is 11.5. The number of ether oxygens (including phenoxy) is 1. The van der Waals surface area contributed by atoms with Crippen LogP contribution in [0.4, 0.5) is 17.1 Å². The van der Waals surface area contributed by atoms with Crippen molar-refractivity contribution in [3.05, 3.63) is 241 Å². The molecule has 8 aromatic rings. The quantitative estimate of drug-likeness (QED) is 0.152. The Labute approximate surface area is 328 Å². The molecule has 0 saturated carbocycles. The van der Waals surface area contributed by atoms with Crippen LogP contribution in [-0.4, -0.2) is 0 Å². The van der Waals surface area contributed by atoms with Crippen LogP contribution < -0.4 is 9.64 Å². The van der Waals surface area contributed by atoms with Crippen LogP contribution in [0, 0.1) is 0 Å². The molecule has 0 bridgehead atoms. The van der Waals surface area contributed by atoms with Crippen molar-refractivity contribution in [3.8, 4) is 33.8 Å². The fourth-order valence-electron chi connectivity index (χ4n) is 9.11. The van der Waals surface area contributed by atoms with Gasteiger partial charge in [-0.25, -0.2) is 0 Å². The highest BCUT2D eigenvalue weighted by molar-refractivity contribution is 5.98. The molecule has 10 rings (SSSR count). The first-order valence-corrected chi connectivity index (χ1v) is 19.2. The lowest BCUT2D eigenvalue weighted by molar-refractivity contribution is 0.441. The number of hydrogen-bond donors (Lipinski definition) is 0. The van der Waals surface area contributed by atoms with Crippen molar-refractivity contribution in [2.45, 2.75) is 12.3 Å². The number of para-hydroxylation sites is 3. The highest BCUT2D eigenvalue weighted by Crippen LogP contribution is 2.63. The summed E-state index contributed by atoms with van der Waals surface area (Å²) in [6.45, 7) is 6.35. The molecule has 2 heteroatoms. The van der Waals surface area contributed by atoms with Gasteiger partial charge in [-0.2, -0.15) is 0 Å². The van der Waals surface area contributed by atoms with Crippen LogP contribution in [0.1, 0.15) is 29.2 Å². The van der Waals surface area contributed by atoms with Crippen LogP contribution in [-0.2, 0) is 5.41 Å². The maximum atomic E-state index is 6.95. The molecule has 0 fully saturated rings. The first kappa shape index (κ1) is 33.4.